The van der Waals surface area contributed by atoms with Gasteiger partial charge in [-0.15, -0.1) is 0 Å². The lowest BCUT2D eigenvalue weighted by molar-refractivity contribution is -0.00880. The van der Waals surface area contributed by atoms with Gasteiger partial charge in [0.1, 0.15) is 0 Å². The van der Waals surface area contributed by atoms with Crippen molar-refractivity contribution in [3.63, 3.8) is 0 Å². The second-order valence-corrected chi connectivity index (χ2v) is 4.44. The van der Waals surface area contributed by atoms with Gasteiger partial charge in [-0.3, -0.25) is 0 Å². The van der Waals surface area contributed by atoms with Gasteiger partial charge in [0.05, 0.1) is 19.2 Å². The summed E-state index contributed by atoms with van der Waals surface area (Å²) in [7, 11) is 1.67. The molecule has 4 nitrogen and oxygen atoms in total. The van der Waals surface area contributed by atoms with Gasteiger partial charge < -0.3 is 15.0 Å². The first-order valence-electron chi connectivity index (χ1n) is 4.52. The monoisotopic (exact) mass is 186 g/mol. The Kier molecular flexibility index (Phi) is 2.81. The maximum atomic E-state index is 11.5. The van der Waals surface area contributed by atoms with E-state index in [1.807, 2.05) is 20.8 Å². The zero-order valence-electron chi connectivity index (χ0n) is 8.76. The summed E-state index contributed by atoms with van der Waals surface area (Å²) in [5.41, 5.74) is -0.157. The molecule has 0 unspecified atom stereocenters. The Morgan fingerprint density at radius 3 is 2.38 bits per heavy atom. The van der Waals surface area contributed by atoms with E-state index >= 15 is 0 Å². The van der Waals surface area contributed by atoms with Gasteiger partial charge in [0.15, 0.2) is 0 Å². The molecule has 1 heterocycles. The van der Waals surface area contributed by atoms with E-state index in [1.54, 1.807) is 12.0 Å². The van der Waals surface area contributed by atoms with Crippen molar-refractivity contribution >= 4 is 6.03 Å². The van der Waals surface area contributed by atoms with Gasteiger partial charge in [-0.25, -0.2) is 4.79 Å². The maximum absolute atomic E-state index is 11.5. The van der Waals surface area contributed by atoms with E-state index in [-0.39, 0.29) is 17.7 Å². The molecular weight excluding hydrogens is 168 g/mol. The molecule has 2 amide bonds. The predicted octanol–water partition coefficient (Wildman–Crippen LogP) is 0.825. The molecule has 1 aliphatic heterocycles. The smallest absolute Gasteiger partial charge is 0.317 e. The molecule has 0 saturated carbocycles. The number of hydrogen-bond acceptors (Lipinski definition) is 2. The summed E-state index contributed by atoms with van der Waals surface area (Å²) < 4.78 is 5.07. The highest BCUT2D eigenvalue weighted by Gasteiger charge is 2.31. The van der Waals surface area contributed by atoms with Crippen molar-refractivity contribution in [2.75, 3.05) is 20.2 Å². The topological polar surface area (TPSA) is 41.6 Å². The van der Waals surface area contributed by atoms with E-state index < -0.39 is 0 Å². The lowest BCUT2D eigenvalue weighted by atomic mass is 10.1. The summed E-state index contributed by atoms with van der Waals surface area (Å²) in [4.78, 5) is 13.2. The van der Waals surface area contributed by atoms with E-state index in [0.717, 1.165) is 0 Å². The molecule has 0 aromatic rings. The zero-order chi connectivity index (χ0) is 10.1. The molecule has 1 rings (SSSR count). The fraction of sp³-hybridized carbons (Fsp3) is 0.889. The first-order chi connectivity index (χ1) is 5.92. The number of nitrogens with zero attached hydrogens (tertiary/aromatic N) is 1. The lowest BCUT2D eigenvalue weighted by Crippen LogP contribution is -2.59. The van der Waals surface area contributed by atoms with Crippen molar-refractivity contribution in [1.29, 1.82) is 0 Å². The van der Waals surface area contributed by atoms with Crippen LogP contribution in [0.5, 0.6) is 0 Å². The maximum Gasteiger partial charge on any atom is 0.317 e. The number of amides is 2. The normalized spacial score (nSPS) is 18.3. The number of ether oxygens (including phenoxy) is 1. The van der Waals surface area contributed by atoms with Crippen LogP contribution in [0.25, 0.3) is 0 Å². The number of nitrogens with one attached hydrogen (secondary N) is 1. The van der Waals surface area contributed by atoms with Crippen molar-refractivity contribution in [2.45, 2.75) is 32.4 Å². The lowest BCUT2D eigenvalue weighted by Gasteiger charge is -2.39. The molecule has 0 radical (unpaired) electrons. The quantitative estimate of drug-likeness (QED) is 0.659. The van der Waals surface area contributed by atoms with Crippen molar-refractivity contribution in [3.8, 4) is 0 Å². The van der Waals surface area contributed by atoms with Crippen LogP contribution in [0, 0.1) is 0 Å². The van der Waals surface area contributed by atoms with Crippen LogP contribution in [-0.4, -0.2) is 42.8 Å². The van der Waals surface area contributed by atoms with Crippen LogP contribution in [0.2, 0.25) is 0 Å². The summed E-state index contributed by atoms with van der Waals surface area (Å²) in [6.45, 7) is 7.33. The Balaban J connectivity index is 2.27. The fourth-order valence-electron chi connectivity index (χ4n) is 1.15. The molecule has 4 heteroatoms. The average Bonchev–Trinajstić information content (AvgIpc) is 1.79. The average molecular weight is 186 g/mol. The van der Waals surface area contributed by atoms with Crippen LogP contribution in [0.15, 0.2) is 0 Å². The van der Waals surface area contributed by atoms with Crippen molar-refractivity contribution < 1.29 is 9.53 Å². The molecule has 1 aliphatic rings. The van der Waals surface area contributed by atoms with Crippen LogP contribution < -0.4 is 5.32 Å². The highest BCUT2D eigenvalue weighted by Crippen LogP contribution is 2.11. The molecule has 1 N–H and O–H groups in total. The van der Waals surface area contributed by atoms with Crippen molar-refractivity contribution in [3.05, 3.63) is 0 Å². The number of methoxy groups -OCH3 is 1. The Labute approximate surface area is 79.2 Å². The molecule has 0 atom stereocenters. The number of rotatable bonds is 1. The molecule has 1 saturated heterocycles. The summed E-state index contributed by atoms with van der Waals surface area (Å²) in [6.07, 6.45) is 0.228. The second-order valence-electron chi connectivity index (χ2n) is 4.44. The number of likely N-dealkylation sites (tertiary alicyclic amines) is 1. The molecule has 0 spiro atoms. The van der Waals surface area contributed by atoms with Gasteiger partial charge >= 0.3 is 6.03 Å². The number of hydrogen-bond donors (Lipinski definition) is 1. The molecule has 0 bridgehead atoms. The van der Waals surface area contributed by atoms with Crippen molar-refractivity contribution in [1.82, 2.24) is 10.2 Å². The van der Waals surface area contributed by atoms with Crippen LogP contribution in [0.4, 0.5) is 4.79 Å². The number of urea groups is 1. The van der Waals surface area contributed by atoms with Gasteiger partial charge in [-0.2, -0.15) is 0 Å². The molecule has 1 fully saturated rings. The van der Waals surface area contributed by atoms with Gasteiger partial charge in [0, 0.05) is 12.6 Å². The third-order valence-corrected chi connectivity index (χ3v) is 1.95. The zero-order valence-corrected chi connectivity index (χ0v) is 8.76. The highest BCUT2D eigenvalue weighted by atomic mass is 16.5. The molecule has 0 aromatic heterocycles. The Bertz CT molecular complexity index is 192. The summed E-state index contributed by atoms with van der Waals surface area (Å²) in [6, 6.07) is 0.000741. The fourth-order valence-corrected chi connectivity index (χ4v) is 1.15. The van der Waals surface area contributed by atoms with Gasteiger partial charge in [-0.05, 0) is 20.8 Å². The number of carbonyl (C=O) groups is 1. The van der Waals surface area contributed by atoms with E-state index in [9.17, 15) is 4.79 Å². The first-order valence-corrected chi connectivity index (χ1v) is 4.52. The Morgan fingerprint density at radius 2 is 2.00 bits per heavy atom. The summed E-state index contributed by atoms with van der Waals surface area (Å²) in [5.74, 6) is 0. The van der Waals surface area contributed by atoms with E-state index in [0.29, 0.717) is 13.1 Å². The van der Waals surface area contributed by atoms with Crippen LogP contribution in [-0.2, 0) is 4.74 Å². The first kappa shape index (κ1) is 10.3. The standard InChI is InChI=1S/C9H18N2O2/c1-9(2,3)10-8(12)11-5-7(6-11)13-4/h7H,5-6H2,1-4H3,(H,10,12). The molecular formula is C9H18N2O2. The molecule has 76 valence electrons. The molecule has 0 aromatic carbocycles. The van der Waals surface area contributed by atoms with Gasteiger partial charge in [-0.1, -0.05) is 0 Å². The second kappa shape index (κ2) is 3.54. The SMILES string of the molecule is COC1CN(C(=O)NC(C)(C)C)C1. The van der Waals surface area contributed by atoms with Crippen LogP contribution in [0.1, 0.15) is 20.8 Å². The Morgan fingerprint density at radius 1 is 1.46 bits per heavy atom. The summed E-state index contributed by atoms with van der Waals surface area (Å²) >= 11 is 0. The van der Waals surface area contributed by atoms with Gasteiger partial charge in [0.2, 0.25) is 0 Å². The predicted molar refractivity (Wildman–Crippen MR) is 50.7 cm³/mol. The largest absolute Gasteiger partial charge is 0.378 e. The van der Waals surface area contributed by atoms with Gasteiger partial charge in [0.25, 0.3) is 0 Å². The molecule has 0 aliphatic carbocycles. The van der Waals surface area contributed by atoms with E-state index in [4.69, 9.17) is 4.74 Å². The third kappa shape index (κ3) is 2.88. The van der Waals surface area contributed by atoms with E-state index in [2.05, 4.69) is 5.32 Å². The minimum absolute atomic E-state index is 0.000741. The Hall–Kier alpha value is -0.770. The van der Waals surface area contributed by atoms with E-state index in [1.165, 1.54) is 0 Å². The third-order valence-electron chi connectivity index (χ3n) is 1.95. The highest BCUT2D eigenvalue weighted by molar-refractivity contribution is 5.75. The summed E-state index contributed by atoms with van der Waals surface area (Å²) in [5, 5.41) is 2.90. The number of carbonyl (C=O) groups excluding carboxylic acids is 1. The minimum atomic E-state index is -0.157. The van der Waals surface area contributed by atoms with Crippen molar-refractivity contribution in [2.24, 2.45) is 0 Å². The van der Waals surface area contributed by atoms with Crippen LogP contribution in [0.3, 0.4) is 0 Å². The molecule has 13 heavy (non-hydrogen) atoms. The minimum Gasteiger partial charge on any atom is -0.378 e. The van der Waals surface area contributed by atoms with Crippen LogP contribution >= 0.6 is 0 Å².